The molecule has 4 aromatic carbocycles. The van der Waals surface area contributed by atoms with Gasteiger partial charge in [-0.3, -0.25) is 29.5 Å². The molecule has 0 radical (unpaired) electrons. The Morgan fingerprint density at radius 2 is 1.51 bits per heavy atom. The van der Waals surface area contributed by atoms with Crippen molar-refractivity contribution < 1.29 is 33.4 Å². The third kappa shape index (κ3) is 4.95. The summed E-state index contributed by atoms with van der Waals surface area (Å²) in [6, 6.07) is 23.3. The van der Waals surface area contributed by atoms with Crippen LogP contribution in [0, 0.1) is 29.5 Å². The van der Waals surface area contributed by atoms with E-state index >= 15 is 4.79 Å². The van der Waals surface area contributed by atoms with Crippen LogP contribution >= 0.6 is 23.2 Å². The van der Waals surface area contributed by atoms with Crippen molar-refractivity contribution in [3.05, 3.63) is 130 Å². The quantitative estimate of drug-likeness (QED) is 0.162. The number of ether oxygens (including phenoxy) is 1. The lowest BCUT2D eigenvalue weighted by molar-refractivity contribution is -0.138. The number of imide groups is 2. The Hall–Kier alpha value is -5.19. The van der Waals surface area contributed by atoms with Gasteiger partial charge in [-0.05, 0) is 103 Å². The number of amides is 4. The first kappa shape index (κ1) is 33.0. The monoisotopic (exact) mass is 725 g/mol. The first-order valence-electron chi connectivity index (χ1n) is 16.4. The number of aromatic hydroxyl groups is 1. The minimum absolute atomic E-state index is 0.0843. The minimum atomic E-state index is -1.56. The van der Waals surface area contributed by atoms with E-state index in [0.29, 0.717) is 32.5 Å². The summed E-state index contributed by atoms with van der Waals surface area (Å²) in [5, 5.41) is 12.5. The van der Waals surface area contributed by atoms with Crippen molar-refractivity contribution in [3.8, 4) is 11.5 Å². The number of carbonyl (C=O) groups is 4. The van der Waals surface area contributed by atoms with Crippen LogP contribution in [0.5, 0.6) is 11.5 Å². The van der Waals surface area contributed by atoms with E-state index in [9.17, 15) is 23.9 Å². The summed E-state index contributed by atoms with van der Waals surface area (Å²) >= 11 is 12.5. The number of rotatable bonds is 6. The van der Waals surface area contributed by atoms with Crippen LogP contribution in [0.4, 0.5) is 15.8 Å². The van der Waals surface area contributed by atoms with Crippen LogP contribution in [0.1, 0.15) is 29.9 Å². The maximum atomic E-state index is 15.2. The van der Waals surface area contributed by atoms with Gasteiger partial charge in [0.2, 0.25) is 11.8 Å². The van der Waals surface area contributed by atoms with Gasteiger partial charge in [-0.1, -0.05) is 53.1 Å². The van der Waals surface area contributed by atoms with Gasteiger partial charge in [-0.15, -0.1) is 0 Å². The van der Waals surface area contributed by atoms with Gasteiger partial charge in [0, 0.05) is 16.0 Å². The van der Waals surface area contributed by atoms with E-state index in [0.717, 1.165) is 10.6 Å². The third-order valence-electron chi connectivity index (χ3n) is 10.9. The summed E-state index contributed by atoms with van der Waals surface area (Å²) in [5.74, 6) is -6.22. The number of phenols is 1. The normalized spacial score (nSPS) is 26.8. The lowest BCUT2D eigenvalue weighted by atomic mass is 9.49. The number of benzene rings is 4. The van der Waals surface area contributed by atoms with E-state index < -0.39 is 52.6 Å². The Kier molecular flexibility index (Phi) is 7.92. The standard InChI is InChI=1S/C39H30Cl2FN3O6/c1-51-32-18-20(2-17-31(32)46)34-27-15-16-28-33(37(49)44(35(28)47)26-13-7-23(41)8-14-26)29(27)19-30-36(48)45(43-25-11-9-24(42)10-12-25)38(50)39(30,34)21-3-5-22(40)6-4-21/h2-15,17-18,28-30,33-34,43,46H,16,19H2,1H3. The number of carbonyl (C=O) groups excluding carboxylic acids is 4. The number of nitrogens with one attached hydrogen (secondary N) is 1. The summed E-state index contributed by atoms with van der Waals surface area (Å²) in [5.41, 5.74) is 3.91. The van der Waals surface area contributed by atoms with Gasteiger partial charge in [0.15, 0.2) is 11.5 Å². The van der Waals surface area contributed by atoms with E-state index in [-0.39, 0.29) is 36.2 Å². The molecule has 9 nitrogen and oxygen atoms in total. The summed E-state index contributed by atoms with van der Waals surface area (Å²) in [6.07, 6.45) is 2.26. The summed E-state index contributed by atoms with van der Waals surface area (Å²) in [6.45, 7) is 0. The Labute approximate surface area is 302 Å². The second-order valence-electron chi connectivity index (χ2n) is 13.3. The van der Waals surface area contributed by atoms with E-state index in [1.807, 2.05) is 6.08 Å². The number of allylic oxidation sites excluding steroid dienone is 2. The highest BCUT2D eigenvalue weighted by Crippen LogP contribution is 2.64. The highest BCUT2D eigenvalue weighted by atomic mass is 35.5. The molecule has 6 unspecified atom stereocenters. The molecule has 258 valence electrons. The predicted octanol–water partition coefficient (Wildman–Crippen LogP) is 7.04. The molecule has 1 saturated carbocycles. The number of nitrogens with zero attached hydrogens (tertiary/aromatic N) is 2. The zero-order chi connectivity index (χ0) is 35.8. The van der Waals surface area contributed by atoms with Gasteiger partial charge in [0.25, 0.3) is 11.8 Å². The lowest BCUT2D eigenvalue weighted by Crippen LogP contribution is -2.53. The Balaban J connectivity index is 1.33. The van der Waals surface area contributed by atoms with Crippen LogP contribution in [-0.4, -0.2) is 40.9 Å². The molecule has 6 atom stereocenters. The van der Waals surface area contributed by atoms with Crippen molar-refractivity contribution in [2.75, 3.05) is 17.4 Å². The molecule has 2 N–H and O–H groups in total. The first-order valence-corrected chi connectivity index (χ1v) is 17.2. The second kappa shape index (κ2) is 12.2. The van der Waals surface area contributed by atoms with Crippen molar-refractivity contribution in [3.63, 3.8) is 0 Å². The number of hydrazine groups is 1. The van der Waals surface area contributed by atoms with Crippen molar-refractivity contribution >= 4 is 58.2 Å². The summed E-state index contributed by atoms with van der Waals surface area (Å²) < 4.78 is 19.3. The van der Waals surface area contributed by atoms with Crippen LogP contribution in [0.2, 0.25) is 10.0 Å². The molecule has 8 rings (SSSR count). The second-order valence-corrected chi connectivity index (χ2v) is 14.2. The molecule has 2 aliphatic carbocycles. The molecule has 2 aliphatic heterocycles. The van der Waals surface area contributed by atoms with Crippen LogP contribution in [0.25, 0.3) is 0 Å². The zero-order valence-electron chi connectivity index (χ0n) is 27.1. The average molecular weight is 727 g/mol. The topological polar surface area (TPSA) is 116 Å². The maximum Gasteiger partial charge on any atom is 0.260 e. The average Bonchev–Trinajstić information content (AvgIpc) is 3.51. The fraction of sp³-hybridized carbons (Fsp3) is 0.231. The molecular formula is C39H30Cl2FN3O6. The molecule has 12 heteroatoms. The molecule has 2 saturated heterocycles. The molecule has 4 aliphatic rings. The number of fused-ring (bicyclic) bond motifs is 4. The van der Waals surface area contributed by atoms with E-state index in [1.54, 1.807) is 60.7 Å². The molecule has 4 aromatic rings. The van der Waals surface area contributed by atoms with E-state index in [1.165, 1.54) is 42.3 Å². The number of halogens is 3. The van der Waals surface area contributed by atoms with Crippen molar-refractivity contribution in [1.82, 2.24) is 5.01 Å². The number of phenolic OH excluding ortho intramolecular Hbond substituents is 1. The molecular weight excluding hydrogens is 696 g/mol. The van der Waals surface area contributed by atoms with Crippen molar-refractivity contribution in [2.45, 2.75) is 24.2 Å². The molecule has 0 bridgehead atoms. The predicted molar refractivity (Wildman–Crippen MR) is 188 cm³/mol. The largest absolute Gasteiger partial charge is 0.504 e. The Morgan fingerprint density at radius 1 is 0.843 bits per heavy atom. The van der Waals surface area contributed by atoms with Crippen LogP contribution in [0.15, 0.2) is 103 Å². The fourth-order valence-corrected chi connectivity index (χ4v) is 9.00. The highest BCUT2D eigenvalue weighted by molar-refractivity contribution is 6.31. The number of hydrogen-bond acceptors (Lipinski definition) is 7. The lowest BCUT2D eigenvalue weighted by Gasteiger charge is -2.50. The van der Waals surface area contributed by atoms with Gasteiger partial charge >= 0.3 is 0 Å². The number of anilines is 2. The van der Waals surface area contributed by atoms with Crippen molar-refractivity contribution in [2.24, 2.45) is 23.7 Å². The SMILES string of the molecule is COc1cc(C2C3=CCC4C(=O)N(c5ccc(Cl)cc5)C(=O)C4C3CC3C(=O)N(Nc4ccc(F)cc4)C(=O)C32c2ccc(Cl)cc2)ccc1O. The van der Waals surface area contributed by atoms with Crippen LogP contribution in [0.3, 0.4) is 0 Å². The Morgan fingerprint density at radius 3 is 2.18 bits per heavy atom. The highest BCUT2D eigenvalue weighted by Gasteiger charge is 2.70. The van der Waals surface area contributed by atoms with E-state index in [4.69, 9.17) is 27.9 Å². The van der Waals surface area contributed by atoms with Crippen LogP contribution in [-0.2, 0) is 24.6 Å². The van der Waals surface area contributed by atoms with Gasteiger partial charge in [0.1, 0.15) is 5.82 Å². The van der Waals surface area contributed by atoms with Gasteiger partial charge in [0.05, 0.1) is 41.7 Å². The fourth-order valence-electron chi connectivity index (χ4n) is 8.75. The molecule has 0 spiro atoms. The van der Waals surface area contributed by atoms with Crippen molar-refractivity contribution in [1.29, 1.82) is 0 Å². The van der Waals surface area contributed by atoms with Gasteiger partial charge in [-0.2, -0.15) is 5.01 Å². The first-order chi connectivity index (χ1) is 24.5. The molecule has 2 heterocycles. The zero-order valence-corrected chi connectivity index (χ0v) is 28.6. The number of methoxy groups -OCH3 is 1. The molecule has 51 heavy (non-hydrogen) atoms. The van der Waals surface area contributed by atoms with Crippen LogP contribution < -0.4 is 15.1 Å². The number of hydrogen-bond donors (Lipinski definition) is 2. The third-order valence-corrected chi connectivity index (χ3v) is 11.4. The maximum absolute atomic E-state index is 15.2. The molecule has 4 amide bonds. The summed E-state index contributed by atoms with van der Waals surface area (Å²) in [4.78, 5) is 59.5. The van der Waals surface area contributed by atoms with Gasteiger partial charge < -0.3 is 9.84 Å². The van der Waals surface area contributed by atoms with Gasteiger partial charge in [-0.25, -0.2) is 4.39 Å². The Bertz CT molecular complexity index is 2140. The smallest absolute Gasteiger partial charge is 0.260 e. The van der Waals surface area contributed by atoms with E-state index in [2.05, 4.69) is 5.43 Å². The molecule has 0 aromatic heterocycles. The minimum Gasteiger partial charge on any atom is -0.504 e. The molecule has 3 fully saturated rings. The summed E-state index contributed by atoms with van der Waals surface area (Å²) in [7, 11) is 1.41.